The van der Waals surface area contributed by atoms with Gasteiger partial charge in [0.25, 0.3) is 0 Å². The molecule has 2 aromatic heterocycles. The SMILES string of the molecule is CCC(=O)Nc1ccc(N2C(=S)N[C@@H](c3ccccn3)[C@H]2c2ccco2)cc1OC. The number of carbonyl (C=O) groups excluding carboxylic acids is 1. The molecule has 3 heterocycles. The van der Waals surface area contributed by atoms with Crippen LogP contribution < -0.4 is 20.3 Å². The molecule has 1 aliphatic heterocycles. The maximum Gasteiger partial charge on any atom is 0.224 e. The lowest BCUT2D eigenvalue weighted by atomic mass is 10.0. The van der Waals surface area contributed by atoms with Crippen molar-refractivity contribution in [2.75, 3.05) is 17.3 Å². The van der Waals surface area contributed by atoms with Gasteiger partial charge in [-0.05, 0) is 48.6 Å². The molecule has 1 fully saturated rings. The van der Waals surface area contributed by atoms with E-state index >= 15 is 0 Å². The zero-order valence-electron chi connectivity index (χ0n) is 16.7. The van der Waals surface area contributed by atoms with E-state index in [1.165, 1.54) is 0 Å². The molecular weight excluding hydrogens is 400 g/mol. The summed E-state index contributed by atoms with van der Waals surface area (Å²) in [5.41, 5.74) is 2.29. The number of hydrogen-bond acceptors (Lipinski definition) is 5. The molecule has 1 amide bonds. The van der Waals surface area contributed by atoms with Crippen molar-refractivity contribution in [3.63, 3.8) is 0 Å². The molecule has 1 saturated heterocycles. The van der Waals surface area contributed by atoms with Crippen LogP contribution in [0.25, 0.3) is 0 Å². The Morgan fingerprint density at radius 3 is 2.83 bits per heavy atom. The number of rotatable bonds is 6. The third kappa shape index (κ3) is 3.73. The Morgan fingerprint density at radius 2 is 2.17 bits per heavy atom. The molecule has 30 heavy (non-hydrogen) atoms. The highest BCUT2D eigenvalue weighted by atomic mass is 32.1. The van der Waals surface area contributed by atoms with Gasteiger partial charge < -0.3 is 24.7 Å². The van der Waals surface area contributed by atoms with Gasteiger partial charge in [0, 0.05) is 24.4 Å². The molecule has 0 radical (unpaired) electrons. The number of amides is 1. The van der Waals surface area contributed by atoms with Crippen molar-refractivity contribution in [3.8, 4) is 5.75 Å². The first-order valence-corrected chi connectivity index (χ1v) is 10.0. The molecule has 0 bridgehead atoms. The quantitative estimate of drug-likeness (QED) is 0.576. The zero-order valence-corrected chi connectivity index (χ0v) is 17.5. The van der Waals surface area contributed by atoms with Crippen LogP contribution in [0.5, 0.6) is 5.75 Å². The van der Waals surface area contributed by atoms with E-state index in [0.29, 0.717) is 23.0 Å². The number of furan rings is 1. The Balaban J connectivity index is 1.75. The molecule has 3 aromatic rings. The average molecular weight is 423 g/mol. The summed E-state index contributed by atoms with van der Waals surface area (Å²) in [7, 11) is 1.57. The number of pyridine rings is 1. The summed E-state index contributed by atoms with van der Waals surface area (Å²) < 4.78 is 11.3. The number of aromatic nitrogens is 1. The Kier molecular flexibility index (Phi) is 5.67. The van der Waals surface area contributed by atoms with Crippen molar-refractivity contribution in [1.29, 1.82) is 0 Å². The van der Waals surface area contributed by atoms with Gasteiger partial charge in [-0.3, -0.25) is 9.78 Å². The maximum atomic E-state index is 11.8. The summed E-state index contributed by atoms with van der Waals surface area (Å²) in [5, 5.41) is 6.78. The van der Waals surface area contributed by atoms with Gasteiger partial charge in [-0.1, -0.05) is 13.0 Å². The number of ether oxygens (including phenoxy) is 1. The van der Waals surface area contributed by atoms with Gasteiger partial charge in [-0.15, -0.1) is 0 Å². The van der Waals surface area contributed by atoms with Crippen LogP contribution in [-0.2, 0) is 4.79 Å². The summed E-state index contributed by atoms with van der Waals surface area (Å²) in [6.45, 7) is 1.80. The highest BCUT2D eigenvalue weighted by Gasteiger charge is 2.42. The molecule has 0 unspecified atom stereocenters. The molecule has 1 aliphatic rings. The topological polar surface area (TPSA) is 79.6 Å². The smallest absolute Gasteiger partial charge is 0.224 e. The van der Waals surface area contributed by atoms with Crippen LogP contribution >= 0.6 is 12.2 Å². The minimum absolute atomic E-state index is 0.0805. The fourth-order valence-corrected chi connectivity index (χ4v) is 3.90. The van der Waals surface area contributed by atoms with Crippen LogP contribution in [0.4, 0.5) is 11.4 Å². The highest BCUT2D eigenvalue weighted by molar-refractivity contribution is 7.80. The number of anilines is 2. The van der Waals surface area contributed by atoms with Gasteiger partial charge in [0.1, 0.15) is 17.6 Å². The Labute approximate surface area is 180 Å². The largest absolute Gasteiger partial charge is 0.494 e. The van der Waals surface area contributed by atoms with Gasteiger partial charge in [0.05, 0.1) is 30.8 Å². The van der Waals surface area contributed by atoms with Gasteiger partial charge >= 0.3 is 0 Å². The van der Waals surface area contributed by atoms with Crippen LogP contribution in [-0.4, -0.2) is 23.1 Å². The minimum atomic E-state index is -0.233. The molecular formula is C22H22N4O3S. The van der Waals surface area contributed by atoms with E-state index in [9.17, 15) is 4.79 Å². The molecule has 154 valence electrons. The number of nitrogens with zero attached hydrogens (tertiary/aromatic N) is 2. The molecule has 0 saturated carbocycles. The van der Waals surface area contributed by atoms with Gasteiger partial charge in [-0.25, -0.2) is 0 Å². The monoisotopic (exact) mass is 422 g/mol. The van der Waals surface area contributed by atoms with E-state index in [2.05, 4.69) is 15.6 Å². The van der Waals surface area contributed by atoms with E-state index in [0.717, 1.165) is 17.1 Å². The van der Waals surface area contributed by atoms with E-state index < -0.39 is 0 Å². The van der Waals surface area contributed by atoms with Crippen LogP contribution in [0, 0.1) is 0 Å². The molecule has 2 N–H and O–H groups in total. The molecule has 8 heteroatoms. The third-order valence-electron chi connectivity index (χ3n) is 4.99. The van der Waals surface area contributed by atoms with Crippen LogP contribution in [0.1, 0.15) is 36.9 Å². The number of thiocarbonyl (C=S) groups is 1. The van der Waals surface area contributed by atoms with Crippen molar-refractivity contribution in [2.45, 2.75) is 25.4 Å². The number of benzene rings is 1. The Morgan fingerprint density at radius 1 is 1.30 bits per heavy atom. The van der Waals surface area contributed by atoms with Crippen LogP contribution in [0.3, 0.4) is 0 Å². The number of hydrogen-bond donors (Lipinski definition) is 2. The summed E-state index contributed by atoms with van der Waals surface area (Å²) in [6.07, 6.45) is 3.79. The maximum absolute atomic E-state index is 11.8. The van der Waals surface area contributed by atoms with Crippen LogP contribution in [0.2, 0.25) is 0 Å². The van der Waals surface area contributed by atoms with E-state index in [-0.39, 0.29) is 18.0 Å². The predicted molar refractivity (Wildman–Crippen MR) is 119 cm³/mol. The summed E-state index contributed by atoms with van der Waals surface area (Å²) in [6, 6.07) is 14.7. The first kappa shape index (κ1) is 19.9. The van der Waals surface area contributed by atoms with Crippen LogP contribution in [0.15, 0.2) is 65.4 Å². The second kappa shape index (κ2) is 8.54. The number of carbonyl (C=O) groups is 1. The minimum Gasteiger partial charge on any atom is -0.494 e. The van der Waals surface area contributed by atoms with Crippen molar-refractivity contribution in [2.24, 2.45) is 0 Å². The second-order valence-electron chi connectivity index (χ2n) is 6.80. The first-order valence-electron chi connectivity index (χ1n) is 9.64. The summed E-state index contributed by atoms with van der Waals surface area (Å²) in [5.74, 6) is 1.24. The standard InChI is InChI=1S/C22H22N4O3S/c1-3-19(27)24-15-10-9-14(13-18(15)28-2)26-21(17-8-6-12-29-17)20(25-22(26)30)16-7-4-5-11-23-16/h4-13,20-21H,3H2,1-2H3,(H,24,27)(H,25,30)/t20-,21+/m0/s1. The van der Waals surface area contributed by atoms with Crippen molar-refractivity contribution < 1.29 is 13.9 Å². The molecule has 7 nitrogen and oxygen atoms in total. The molecule has 2 atom stereocenters. The lowest BCUT2D eigenvalue weighted by molar-refractivity contribution is -0.115. The lowest BCUT2D eigenvalue weighted by Crippen LogP contribution is -2.29. The van der Waals surface area contributed by atoms with Crippen molar-refractivity contribution in [3.05, 3.63) is 72.4 Å². The second-order valence-corrected chi connectivity index (χ2v) is 7.19. The Bertz CT molecular complexity index is 1040. The third-order valence-corrected chi connectivity index (χ3v) is 5.31. The number of methoxy groups -OCH3 is 1. The summed E-state index contributed by atoms with van der Waals surface area (Å²) >= 11 is 5.69. The number of nitrogens with one attached hydrogen (secondary N) is 2. The lowest BCUT2D eigenvalue weighted by Gasteiger charge is -2.26. The molecule has 0 aliphatic carbocycles. The highest BCUT2D eigenvalue weighted by Crippen LogP contribution is 2.43. The van der Waals surface area contributed by atoms with Crippen molar-refractivity contribution in [1.82, 2.24) is 10.3 Å². The summed E-state index contributed by atoms with van der Waals surface area (Å²) in [4.78, 5) is 18.3. The molecule has 4 rings (SSSR count). The normalized spacial score (nSPS) is 18.2. The fraction of sp³-hybridized carbons (Fsp3) is 0.227. The predicted octanol–water partition coefficient (Wildman–Crippen LogP) is 4.21. The zero-order chi connectivity index (χ0) is 21.1. The fourth-order valence-electron chi connectivity index (χ4n) is 3.55. The van der Waals surface area contributed by atoms with E-state index in [4.69, 9.17) is 21.4 Å². The van der Waals surface area contributed by atoms with E-state index in [1.807, 2.05) is 53.4 Å². The molecule has 1 aromatic carbocycles. The Hall–Kier alpha value is -3.39. The van der Waals surface area contributed by atoms with Gasteiger partial charge in [0.15, 0.2) is 5.11 Å². The van der Waals surface area contributed by atoms with Crippen molar-refractivity contribution >= 4 is 34.6 Å². The van der Waals surface area contributed by atoms with Gasteiger partial charge in [-0.2, -0.15) is 0 Å². The first-order chi connectivity index (χ1) is 14.6. The molecule has 0 spiro atoms. The van der Waals surface area contributed by atoms with Gasteiger partial charge in [0.2, 0.25) is 5.91 Å². The average Bonchev–Trinajstić information content (AvgIpc) is 3.42. The van der Waals surface area contributed by atoms with E-state index in [1.54, 1.807) is 26.5 Å².